The molecule has 0 bridgehead atoms. The molecule has 2 unspecified atom stereocenters. The summed E-state index contributed by atoms with van der Waals surface area (Å²) in [5, 5.41) is 8.69. The van der Waals surface area contributed by atoms with Gasteiger partial charge in [-0.25, -0.2) is 8.78 Å². The van der Waals surface area contributed by atoms with Gasteiger partial charge in [-0.05, 0) is 140 Å². The number of alkyl halides is 5. The first-order valence-electron chi connectivity index (χ1n) is 37.6. The van der Waals surface area contributed by atoms with Crippen LogP contribution in [0.4, 0.5) is 22.0 Å². The average Bonchev–Trinajstić information content (AvgIpc) is 1.20. The third kappa shape index (κ3) is 19.4. The van der Waals surface area contributed by atoms with Crippen molar-refractivity contribution in [1.29, 1.82) is 0 Å². The number of carbonyl (C=O) groups excluding carboxylic acids is 11. The number of hydrogen-bond donors (Lipinski definition) is 3. The van der Waals surface area contributed by atoms with Gasteiger partial charge in [0, 0.05) is 80.4 Å². The van der Waals surface area contributed by atoms with Crippen LogP contribution in [-0.2, 0) is 57.5 Å². The SMILES string of the molecule is CCO[C@@H]1C[C@H]2C(=O)NC3(CCC3)C(=O)N(C)[C@@H](C3CCCCC3)C(=O)N(C)[C@H](C)CC(=O)N(C)[C@@H](CC(C)C)C(=O)N[C@@H]([C@@H](C)CC)C(=O)N(C)[C@@H](C)C(=O)N3CC[C@H]3C(=O)N(CC)[C@@H](CC3CCC(C)CC3)C(=O)N(C)CC(=O)N[C@@H](CCC3CC(F)C(C(F)(F)F)C(F)C3)C(=O)N2C1. The maximum absolute atomic E-state index is 15.5. The van der Waals surface area contributed by atoms with Crippen molar-refractivity contribution in [3.63, 3.8) is 0 Å². The van der Waals surface area contributed by atoms with E-state index in [2.05, 4.69) is 22.9 Å². The van der Waals surface area contributed by atoms with Crippen LogP contribution in [0.5, 0.6) is 0 Å². The Bertz CT molecular complexity index is 2920. The summed E-state index contributed by atoms with van der Waals surface area (Å²) in [6.45, 7) is 15.7. The van der Waals surface area contributed by atoms with Crippen molar-refractivity contribution in [1.82, 2.24) is 55.1 Å². The second-order valence-electron chi connectivity index (χ2n) is 31.3. The van der Waals surface area contributed by atoms with Crippen LogP contribution in [0.25, 0.3) is 0 Å². The highest BCUT2D eigenvalue weighted by Crippen LogP contribution is 2.45. The molecule has 11 amide bonds. The summed E-state index contributed by atoms with van der Waals surface area (Å²) in [5.41, 5.74) is -1.55. The van der Waals surface area contributed by atoms with E-state index in [1.807, 2.05) is 20.8 Å². The Kier molecular flexibility index (Phi) is 28.9. The summed E-state index contributed by atoms with van der Waals surface area (Å²) in [4.78, 5) is 176. The quantitative estimate of drug-likeness (QED) is 0.158. The fraction of sp³-hybridized carbons (Fsp3) is 0.849. The topological polar surface area (TPSA) is 259 Å². The molecule has 7 rings (SSSR count). The minimum Gasteiger partial charge on any atom is -0.377 e. The molecule has 3 heterocycles. The first-order chi connectivity index (χ1) is 47.5. The molecular formula is C73H118F5N11O12. The fourth-order valence-corrected chi connectivity index (χ4v) is 16.7. The highest BCUT2D eigenvalue weighted by atomic mass is 19.4. The van der Waals surface area contributed by atoms with Crippen LogP contribution in [0.15, 0.2) is 0 Å². The molecule has 3 N–H and O–H groups in total. The molecule has 7 aliphatic rings. The number of carbonyl (C=O) groups is 11. The first kappa shape index (κ1) is 82.1. The molecular weight excluding hydrogens is 1320 g/mol. The molecule has 0 aromatic heterocycles. The van der Waals surface area contributed by atoms with Gasteiger partial charge in [-0.1, -0.05) is 86.0 Å². The summed E-state index contributed by atoms with van der Waals surface area (Å²) < 4.78 is 78.7. The Morgan fingerprint density at radius 3 is 1.80 bits per heavy atom. The zero-order valence-corrected chi connectivity index (χ0v) is 62.4. The van der Waals surface area contributed by atoms with E-state index < -0.39 is 187 Å². The predicted molar refractivity (Wildman–Crippen MR) is 368 cm³/mol. The molecule has 0 radical (unpaired) electrons. The molecule has 572 valence electrons. The van der Waals surface area contributed by atoms with Crippen LogP contribution >= 0.6 is 0 Å². The fourth-order valence-electron chi connectivity index (χ4n) is 16.7. The molecule has 3 saturated heterocycles. The first-order valence-corrected chi connectivity index (χ1v) is 37.6. The zero-order chi connectivity index (χ0) is 74.9. The number of hydrogen-bond acceptors (Lipinski definition) is 12. The van der Waals surface area contributed by atoms with Crippen molar-refractivity contribution in [3.05, 3.63) is 0 Å². The van der Waals surface area contributed by atoms with Gasteiger partial charge in [0.05, 0.1) is 12.6 Å². The van der Waals surface area contributed by atoms with E-state index in [0.29, 0.717) is 31.6 Å². The van der Waals surface area contributed by atoms with Crippen molar-refractivity contribution < 1.29 is 79.4 Å². The van der Waals surface area contributed by atoms with Crippen molar-refractivity contribution in [2.24, 2.45) is 41.4 Å². The Morgan fingerprint density at radius 2 is 1.26 bits per heavy atom. The maximum Gasteiger partial charge on any atom is 0.397 e. The Labute approximate surface area is 594 Å². The van der Waals surface area contributed by atoms with Gasteiger partial charge < -0.3 is 59.9 Å². The van der Waals surface area contributed by atoms with E-state index in [0.717, 1.165) is 49.8 Å². The van der Waals surface area contributed by atoms with E-state index in [9.17, 15) is 37.1 Å². The lowest BCUT2D eigenvalue weighted by Crippen LogP contribution is -2.68. The Balaban J connectivity index is 1.28. The Hall–Kier alpha value is -6.22. The smallest absolute Gasteiger partial charge is 0.377 e. The second-order valence-corrected chi connectivity index (χ2v) is 31.3. The normalized spacial score (nSPS) is 33.6. The highest BCUT2D eigenvalue weighted by Gasteiger charge is 2.56. The molecule has 3 aliphatic heterocycles. The maximum atomic E-state index is 15.5. The third-order valence-corrected chi connectivity index (χ3v) is 23.8. The lowest BCUT2D eigenvalue weighted by molar-refractivity contribution is -0.219. The monoisotopic (exact) mass is 1440 g/mol. The lowest BCUT2D eigenvalue weighted by atomic mass is 9.74. The van der Waals surface area contributed by atoms with Crippen molar-refractivity contribution in [2.45, 2.75) is 288 Å². The van der Waals surface area contributed by atoms with Gasteiger partial charge in [-0.15, -0.1) is 0 Å². The number of fused-ring (bicyclic) bond motifs is 2. The number of likely N-dealkylation sites (N-methyl/N-ethyl adjacent to an activating group) is 6. The largest absolute Gasteiger partial charge is 0.397 e. The van der Waals surface area contributed by atoms with Gasteiger partial charge >= 0.3 is 6.18 Å². The van der Waals surface area contributed by atoms with Gasteiger partial charge in [0.2, 0.25) is 65.0 Å². The molecule has 4 aliphatic carbocycles. The lowest BCUT2D eigenvalue weighted by Gasteiger charge is -2.47. The summed E-state index contributed by atoms with van der Waals surface area (Å²) in [5.74, 6) is -11.2. The number of amides is 11. The predicted octanol–water partition coefficient (Wildman–Crippen LogP) is 6.96. The van der Waals surface area contributed by atoms with E-state index >= 15 is 37.5 Å². The van der Waals surface area contributed by atoms with Gasteiger partial charge in [-0.3, -0.25) is 52.7 Å². The van der Waals surface area contributed by atoms with Crippen LogP contribution in [0.2, 0.25) is 0 Å². The molecule has 23 nitrogen and oxygen atoms in total. The summed E-state index contributed by atoms with van der Waals surface area (Å²) in [6.07, 6.45) is -4.54. The molecule has 28 heteroatoms. The number of halogens is 5. The third-order valence-electron chi connectivity index (χ3n) is 23.8. The van der Waals surface area contributed by atoms with Crippen molar-refractivity contribution in [3.8, 4) is 0 Å². The van der Waals surface area contributed by atoms with Crippen LogP contribution < -0.4 is 16.0 Å². The molecule has 13 atom stereocenters. The van der Waals surface area contributed by atoms with Gasteiger partial charge in [0.1, 0.15) is 72.1 Å². The number of nitrogens with one attached hydrogen (secondary N) is 3. The van der Waals surface area contributed by atoms with E-state index in [-0.39, 0.29) is 102 Å². The standard InChI is InChI=1S/C73H118F5N11O12/c1-15-44(7)61-69(98)84(12)46(9)65(94)88-33-30-54(88)68(97)87(16-2)57(38-47-26-24-43(6)25-27-47)67(96)82(10)41-58(90)79-53(29-28-48-36-51(74)60(52(75)37-48)73(76,77)78)66(95)89-40-50(101-17-3)39-56(89)64(93)81-72(31-21-32-72)71(100)86(14)62(49-22-19-18-20-23-49)70(99)83(11)45(8)35-59(91)85(13)55(34-42(4)5)63(92)80-61/h42-57,60-62H,15-41H2,1-14H3,(H,79,90)(H,80,92)(H,81,93)/t43?,44-,45+,46-,47?,48?,50+,51?,52?,53-,54-,55-,56-,57-,60?,61-,62-/m0/s1. The van der Waals surface area contributed by atoms with E-state index in [1.54, 1.807) is 34.7 Å². The Morgan fingerprint density at radius 1 is 0.624 bits per heavy atom. The zero-order valence-electron chi connectivity index (χ0n) is 62.4. The molecule has 0 aromatic rings. The van der Waals surface area contributed by atoms with E-state index in [1.165, 1.54) is 69.4 Å². The van der Waals surface area contributed by atoms with Gasteiger partial charge in [0.25, 0.3) is 0 Å². The number of ether oxygens (including phenoxy) is 1. The average molecular weight is 1440 g/mol. The second kappa shape index (κ2) is 35.5. The van der Waals surface area contributed by atoms with Crippen molar-refractivity contribution in [2.75, 3.05) is 68.0 Å². The van der Waals surface area contributed by atoms with Crippen molar-refractivity contribution >= 4 is 65.0 Å². The molecule has 0 aromatic carbocycles. The minimum atomic E-state index is -5.16. The highest BCUT2D eigenvalue weighted by molar-refractivity contribution is 6.00. The van der Waals surface area contributed by atoms with Crippen LogP contribution in [0.1, 0.15) is 204 Å². The summed E-state index contributed by atoms with van der Waals surface area (Å²) in [7, 11) is 7.41. The molecule has 101 heavy (non-hydrogen) atoms. The van der Waals surface area contributed by atoms with E-state index in [4.69, 9.17) is 4.74 Å². The summed E-state index contributed by atoms with van der Waals surface area (Å²) >= 11 is 0. The molecule has 4 saturated carbocycles. The van der Waals surface area contributed by atoms with Gasteiger partial charge in [0.15, 0.2) is 0 Å². The van der Waals surface area contributed by atoms with Crippen LogP contribution in [-0.4, -0.2) is 257 Å². The molecule has 7 fully saturated rings. The molecule has 1 spiro atoms. The van der Waals surface area contributed by atoms with Crippen LogP contribution in [0, 0.1) is 41.4 Å². The van der Waals surface area contributed by atoms with Crippen LogP contribution in [0.3, 0.4) is 0 Å². The number of rotatable bonds is 13. The van der Waals surface area contributed by atoms with Gasteiger partial charge in [-0.2, -0.15) is 13.2 Å². The number of nitrogens with zero attached hydrogens (tertiary/aromatic N) is 8. The summed E-state index contributed by atoms with van der Waals surface area (Å²) in [6, 6.07) is -10.3. The minimum absolute atomic E-state index is 0.0106.